The van der Waals surface area contributed by atoms with Crippen molar-refractivity contribution in [3.8, 4) is 17.0 Å². The van der Waals surface area contributed by atoms with E-state index in [1.54, 1.807) is 18.3 Å². The highest BCUT2D eigenvalue weighted by Crippen LogP contribution is 2.36. The minimum atomic E-state index is -0.582. The number of fused-ring (bicyclic) bond motifs is 1. The van der Waals surface area contributed by atoms with Crippen molar-refractivity contribution in [1.29, 1.82) is 0 Å². The number of halogens is 2. The molecule has 4 aromatic rings. The Hall–Kier alpha value is -3.63. The molecule has 184 valence electrons. The van der Waals surface area contributed by atoms with Crippen LogP contribution in [0.5, 0.6) is 5.88 Å². The zero-order chi connectivity index (χ0) is 24.9. The lowest BCUT2D eigenvalue weighted by atomic mass is 10.1. The largest absolute Gasteiger partial charge is 0.414 e. The van der Waals surface area contributed by atoms with Crippen LogP contribution in [0.25, 0.3) is 22.2 Å². The Kier molecular flexibility index (Phi) is 7.33. The number of ether oxygens (including phenoxy) is 1. The van der Waals surface area contributed by atoms with Gasteiger partial charge >= 0.3 is 6.09 Å². The number of nitrogens with zero attached hydrogens (tertiary/aromatic N) is 3. The molecule has 5 rings (SSSR count). The molecule has 1 amide bonds. The first-order chi connectivity index (χ1) is 17.5. The molecule has 1 saturated heterocycles. The Morgan fingerprint density at radius 3 is 2.72 bits per heavy atom. The fourth-order valence-electron chi connectivity index (χ4n) is 4.05. The maximum atomic E-state index is 13.2. The highest BCUT2D eigenvalue weighted by atomic mass is 79.9. The SMILES string of the molecule is O=C(NCC1CCCCN1)Oc1nc2nc(Nc3ccc(F)cc3)ncc2cc1-c1ccccc1Br. The van der Waals surface area contributed by atoms with Crippen molar-refractivity contribution in [3.63, 3.8) is 0 Å². The predicted molar refractivity (Wildman–Crippen MR) is 140 cm³/mol. The molecule has 0 spiro atoms. The van der Waals surface area contributed by atoms with Crippen LogP contribution in [0.1, 0.15) is 19.3 Å². The number of carbonyl (C=O) groups is 1. The molecule has 1 unspecified atom stereocenters. The lowest BCUT2D eigenvalue weighted by Gasteiger charge is -2.23. The van der Waals surface area contributed by atoms with E-state index in [4.69, 9.17) is 4.74 Å². The molecule has 3 heterocycles. The van der Waals surface area contributed by atoms with Gasteiger partial charge in [0, 0.05) is 45.5 Å². The Labute approximate surface area is 215 Å². The molecule has 2 aromatic heterocycles. The van der Waals surface area contributed by atoms with Gasteiger partial charge in [-0.1, -0.05) is 40.5 Å². The van der Waals surface area contributed by atoms with Crippen molar-refractivity contribution in [3.05, 3.63) is 71.1 Å². The van der Waals surface area contributed by atoms with Gasteiger partial charge < -0.3 is 20.7 Å². The van der Waals surface area contributed by atoms with Gasteiger partial charge in [-0.05, 0) is 55.8 Å². The van der Waals surface area contributed by atoms with E-state index < -0.39 is 6.09 Å². The molecule has 8 nitrogen and oxygen atoms in total. The zero-order valence-corrected chi connectivity index (χ0v) is 20.9. The lowest BCUT2D eigenvalue weighted by Crippen LogP contribution is -2.44. The van der Waals surface area contributed by atoms with Gasteiger partial charge in [-0.15, -0.1) is 0 Å². The van der Waals surface area contributed by atoms with Gasteiger partial charge in [-0.2, -0.15) is 9.97 Å². The Balaban J connectivity index is 1.44. The van der Waals surface area contributed by atoms with Crippen LogP contribution >= 0.6 is 15.9 Å². The molecule has 0 saturated carbocycles. The average molecular weight is 551 g/mol. The van der Waals surface area contributed by atoms with E-state index in [1.807, 2.05) is 30.3 Å². The number of pyridine rings is 1. The summed E-state index contributed by atoms with van der Waals surface area (Å²) < 4.78 is 19.8. The zero-order valence-electron chi connectivity index (χ0n) is 19.3. The minimum Gasteiger partial charge on any atom is -0.391 e. The maximum absolute atomic E-state index is 13.2. The first-order valence-electron chi connectivity index (χ1n) is 11.7. The van der Waals surface area contributed by atoms with Crippen molar-refractivity contribution in [1.82, 2.24) is 25.6 Å². The predicted octanol–water partition coefficient (Wildman–Crippen LogP) is 5.57. The number of benzene rings is 2. The van der Waals surface area contributed by atoms with Crippen LogP contribution in [-0.2, 0) is 0 Å². The number of amides is 1. The fourth-order valence-corrected chi connectivity index (χ4v) is 4.55. The highest BCUT2D eigenvalue weighted by Gasteiger charge is 2.19. The number of hydrogen-bond acceptors (Lipinski definition) is 7. The number of hydrogen-bond donors (Lipinski definition) is 3. The second-order valence-corrected chi connectivity index (χ2v) is 9.33. The first-order valence-corrected chi connectivity index (χ1v) is 12.5. The summed E-state index contributed by atoms with van der Waals surface area (Å²) in [5.41, 5.74) is 2.43. The summed E-state index contributed by atoms with van der Waals surface area (Å²) in [5.74, 6) is 0.0875. The third kappa shape index (κ3) is 5.77. The van der Waals surface area contributed by atoms with Crippen LogP contribution < -0.4 is 20.7 Å². The van der Waals surface area contributed by atoms with Gasteiger partial charge in [0.05, 0.1) is 0 Å². The van der Waals surface area contributed by atoms with Crippen LogP contribution in [0, 0.1) is 5.82 Å². The van der Waals surface area contributed by atoms with Gasteiger partial charge in [-0.3, -0.25) is 0 Å². The van der Waals surface area contributed by atoms with Crippen molar-refractivity contribution in [2.75, 3.05) is 18.4 Å². The molecule has 0 aliphatic carbocycles. The smallest absolute Gasteiger partial charge is 0.391 e. The molecule has 1 aliphatic heterocycles. The molecule has 2 aromatic carbocycles. The molecule has 1 aliphatic rings. The third-order valence-electron chi connectivity index (χ3n) is 5.89. The fraction of sp³-hybridized carbons (Fsp3) is 0.231. The first kappa shape index (κ1) is 24.1. The van der Waals surface area contributed by atoms with Gasteiger partial charge in [-0.25, -0.2) is 14.2 Å². The summed E-state index contributed by atoms with van der Waals surface area (Å²) in [6.07, 6.45) is 4.36. The van der Waals surface area contributed by atoms with Crippen molar-refractivity contribution in [2.24, 2.45) is 0 Å². The van der Waals surface area contributed by atoms with E-state index in [-0.39, 0.29) is 23.7 Å². The Morgan fingerprint density at radius 1 is 1.11 bits per heavy atom. The van der Waals surface area contributed by atoms with Gasteiger partial charge in [0.1, 0.15) is 5.82 Å². The second kappa shape index (κ2) is 11.0. The topological polar surface area (TPSA) is 101 Å². The summed E-state index contributed by atoms with van der Waals surface area (Å²) in [6, 6.07) is 15.6. The van der Waals surface area contributed by atoms with Crippen molar-refractivity contribution < 1.29 is 13.9 Å². The molecular weight excluding hydrogens is 527 g/mol. The molecule has 3 N–H and O–H groups in total. The van der Waals surface area contributed by atoms with Gasteiger partial charge in [0.25, 0.3) is 0 Å². The Morgan fingerprint density at radius 2 is 1.94 bits per heavy atom. The summed E-state index contributed by atoms with van der Waals surface area (Å²) in [4.78, 5) is 26.1. The van der Waals surface area contributed by atoms with E-state index in [0.29, 0.717) is 28.8 Å². The van der Waals surface area contributed by atoms with Crippen LogP contribution in [0.2, 0.25) is 0 Å². The van der Waals surface area contributed by atoms with Crippen molar-refractivity contribution >= 4 is 44.7 Å². The van der Waals surface area contributed by atoms with Gasteiger partial charge in [0.15, 0.2) is 5.65 Å². The average Bonchev–Trinajstić information content (AvgIpc) is 2.89. The molecular formula is C26H24BrFN6O2. The number of anilines is 2. The highest BCUT2D eigenvalue weighted by molar-refractivity contribution is 9.10. The van der Waals surface area contributed by atoms with Crippen LogP contribution in [-0.4, -0.2) is 40.2 Å². The van der Waals surface area contributed by atoms with E-state index in [9.17, 15) is 9.18 Å². The molecule has 10 heteroatoms. The molecule has 0 radical (unpaired) electrons. The second-order valence-electron chi connectivity index (χ2n) is 8.48. The van der Waals surface area contributed by atoms with Crippen LogP contribution in [0.4, 0.5) is 20.8 Å². The number of piperidine rings is 1. The summed E-state index contributed by atoms with van der Waals surface area (Å²) in [7, 11) is 0. The van der Waals surface area contributed by atoms with Crippen LogP contribution in [0.3, 0.4) is 0 Å². The Bertz CT molecular complexity index is 1380. The summed E-state index contributed by atoms with van der Waals surface area (Å²) >= 11 is 3.57. The minimum absolute atomic E-state index is 0.134. The molecule has 1 atom stereocenters. The standard InChI is InChI=1S/C26H24BrFN6O2/c27-22-7-2-1-6-20(22)21-13-16-14-30-25(32-18-10-8-17(28)9-11-18)34-23(16)33-24(21)36-26(35)31-15-19-5-3-4-12-29-19/h1-2,6-11,13-14,19,29H,3-5,12,15H2,(H,31,35)(H,30,32,33,34). The van der Waals surface area contributed by atoms with E-state index in [1.165, 1.54) is 12.1 Å². The van der Waals surface area contributed by atoms with E-state index in [2.05, 4.69) is 46.8 Å². The quantitative estimate of drug-likeness (QED) is 0.288. The van der Waals surface area contributed by atoms with Crippen molar-refractivity contribution in [2.45, 2.75) is 25.3 Å². The van der Waals surface area contributed by atoms with Crippen LogP contribution in [0.15, 0.2) is 65.3 Å². The summed E-state index contributed by atoms with van der Waals surface area (Å²) in [6.45, 7) is 1.43. The molecule has 1 fully saturated rings. The number of aromatic nitrogens is 3. The third-order valence-corrected chi connectivity index (χ3v) is 6.58. The number of nitrogens with one attached hydrogen (secondary N) is 3. The number of rotatable bonds is 6. The maximum Gasteiger partial charge on any atom is 0.414 e. The van der Waals surface area contributed by atoms with Gasteiger partial charge in [0.2, 0.25) is 11.8 Å². The molecule has 0 bridgehead atoms. The number of carbonyl (C=O) groups excluding carboxylic acids is 1. The molecule has 36 heavy (non-hydrogen) atoms. The lowest BCUT2D eigenvalue weighted by molar-refractivity contribution is 0.196. The normalized spacial score (nSPS) is 15.4. The summed E-state index contributed by atoms with van der Waals surface area (Å²) in [5, 5.41) is 9.94. The van der Waals surface area contributed by atoms with E-state index in [0.717, 1.165) is 35.8 Å². The van der Waals surface area contributed by atoms with E-state index >= 15 is 0 Å². The monoisotopic (exact) mass is 550 g/mol.